The number of nitrogens with zero attached hydrogens (tertiary/aromatic N) is 3. The Labute approximate surface area is 118 Å². The van der Waals surface area contributed by atoms with Gasteiger partial charge in [-0.25, -0.2) is 4.98 Å². The number of aryl methyl sites for hydroxylation is 1. The van der Waals surface area contributed by atoms with Crippen LogP contribution in [0.5, 0.6) is 0 Å². The number of ketones is 1. The van der Waals surface area contributed by atoms with Crippen LogP contribution in [-0.4, -0.2) is 21.2 Å². The first-order chi connectivity index (χ1) is 9.06. The molecule has 3 rings (SSSR count). The van der Waals surface area contributed by atoms with E-state index >= 15 is 0 Å². The number of rotatable bonds is 2. The molecule has 0 radical (unpaired) electrons. The van der Waals surface area contributed by atoms with Crippen molar-refractivity contribution in [3.8, 4) is 0 Å². The maximum atomic E-state index is 12.0. The Kier molecular flexibility index (Phi) is 2.74. The molecule has 96 valence electrons. The highest BCUT2D eigenvalue weighted by Gasteiger charge is 2.36. The summed E-state index contributed by atoms with van der Waals surface area (Å²) < 4.78 is 2.59. The summed E-state index contributed by atoms with van der Waals surface area (Å²) in [6, 6.07) is 5.26. The van der Waals surface area contributed by atoms with Crippen LogP contribution in [0.25, 0.3) is 0 Å². The van der Waals surface area contributed by atoms with E-state index in [9.17, 15) is 9.59 Å². The van der Waals surface area contributed by atoms with Gasteiger partial charge in [-0.1, -0.05) is 15.9 Å². The standard InChI is InChI=1S/C13H10BrN3O2/c1-16-5-9(15-7-16)6-17-11-3-2-8(14)4-10(11)12(18)13(17)19/h2-5,7H,6H2,1H3. The van der Waals surface area contributed by atoms with E-state index in [0.717, 1.165) is 10.2 Å². The van der Waals surface area contributed by atoms with Crippen LogP contribution in [0.2, 0.25) is 0 Å². The van der Waals surface area contributed by atoms with E-state index in [2.05, 4.69) is 20.9 Å². The molecule has 0 spiro atoms. The Balaban J connectivity index is 1.99. The highest BCUT2D eigenvalue weighted by molar-refractivity contribution is 9.10. The van der Waals surface area contributed by atoms with Gasteiger partial charge in [-0.15, -0.1) is 0 Å². The van der Waals surface area contributed by atoms with Crippen LogP contribution in [0.1, 0.15) is 16.1 Å². The lowest BCUT2D eigenvalue weighted by molar-refractivity contribution is -0.114. The molecule has 1 aromatic carbocycles. The summed E-state index contributed by atoms with van der Waals surface area (Å²) in [5, 5.41) is 0. The summed E-state index contributed by atoms with van der Waals surface area (Å²) >= 11 is 3.30. The van der Waals surface area contributed by atoms with Gasteiger partial charge in [0, 0.05) is 17.7 Å². The zero-order valence-electron chi connectivity index (χ0n) is 10.1. The maximum absolute atomic E-state index is 12.0. The minimum absolute atomic E-state index is 0.306. The molecular weight excluding hydrogens is 310 g/mol. The summed E-state index contributed by atoms with van der Waals surface area (Å²) in [4.78, 5) is 29.6. The molecule has 1 aromatic heterocycles. The fourth-order valence-electron chi connectivity index (χ4n) is 2.14. The highest BCUT2D eigenvalue weighted by Crippen LogP contribution is 2.32. The number of aromatic nitrogens is 2. The van der Waals surface area contributed by atoms with Crippen molar-refractivity contribution in [2.75, 3.05) is 4.90 Å². The number of Topliss-reactive ketones (excluding diaryl/α,β-unsaturated/α-hetero) is 1. The van der Waals surface area contributed by atoms with Gasteiger partial charge < -0.3 is 4.57 Å². The first-order valence-corrected chi connectivity index (χ1v) is 6.48. The lowest BCUT2D eigenvalue weighted by Gasteiger charge is -2.14. The average Bonchev–Trinajstić information content (AvgIpc) is 2.88. The Morgan fingerprint density at radius 1 is 1.32 bits per heavy atom. The topological polar surface area (TPSA) is 55.2 Å². The molecule has 6 heteroatoms. The Morgan fingerprint density at radius 3 is 2.79 bits per heavy atom. The Morgan fingerprint density at radius 2 is 2.11 bits per heavy atom. The fraction of sp³-hybridized carbons (Fsp3) is 0.154. The van der Waals surface area contributed by atoms with E-state index in [4.69, 9.17) is 0 Å². The molecule has 0 N–H and O–H groups in total. The van der Waals surface area contributed by atoms with E-state index in [1.165, 1.54) is 4.90 Å². The molecular formula is C13H10BrN3O2. The number of amides is 1. The van der Waals surface area contributed by atoms with Crippen LogP contribution < -0.4 is 4.90 Å². The predicted octanol–water partition coefficient (Wildman–Crippen LogP) is 1.91. The molecule has 0 saturated heterocycles. The number of carbonyl (C=O) groups is 2. The SMILES string of the molecule is Cn1cnc(CN2C(=O)C(=O)c3cc(Br)ccc32)c1. The van der Waals surface area contributed by atoms with Gasteiger partial charge in [-0.05, 0) is 18.2 Å². The molecule has 0 saturated carbocycles. The highest BCUT2D eigenvalue weighted by atomic mass is 79.9. The quantitative estimate of drug-likeness (QED) is 0.794. The van der Waals surface area contributed by atoms with Crippen molar-refractivity contribution in [2.24, 2.45) is 7.05 Å². The third kappa shape index (κ3) is 1.98. The first-order valence-electron chi connectivity index (χ1n) is 5.69. The number of hydrogen-bond donors (Lipinski definition) is 0. The number of halogens is 1. The molecule has 2 aromatic rings. The summed E-state index contributed by atoms with van der Waals surface area (Å²) in [7, 11) is 1.86. The van der Waals surface area contributed by atoms with Crippen molar-refractivity contribution in [1.29, 1.82) is 0 Å². The summed E-state index contributed by atoms with van der Waals surface area (Å²) in [5.74, 6) is -0.967. The van der Waals surface area contributed by atoms with Crippen LogP contribution in [0.15, 0.2) is 35.2 Å². The second-order valence-corrected chi connectivity index (χ2v) is 5.33. The van der Waals surface area contributed by atoms with Crippen molar-refractivity contribution in [2.45, 2.75) is 6.54 Å². The zero-order chi connectivity index (χ0) is 13.6. The third-order valence-electron chi connectivity index (χ3n) is 3.01. The molecule has 0 bridgehead atoms. The van der Waals surface area contributed by atoms with Crippen LogP contribution in [0.4, 0.5) is 5.69 Å². The van der Waals surface area contributed by atoms with E-state index in [0.29, 0.717) is 17.8 Å². The van der Waals surface area contributed by atoms with Crippen LogP contribution in [0, 0.1) is 0 Å². The van der Waals surface area contributed by atoms with E-state index in [1.54, 1.807) is 23.0 Å². The van der Waals surface area contributed by atoms with Gasteiger partial charge in [0.05, 0.1) is 29.8 Å². The summed E-state index contributed by atoms with van der Waals surface area (Å²) in [5.41, 5.74) is 1.83. The molecule has 1 aliphatic heterocycles. The minimum Gasteiger partial charge on any atom is -0.340 e. The van der Waals surface area contributed by atoms with Crippen LogP contribution >= 0.6 is 15.9 Å². The molecule has 0 aliphatic carbocycles. The van der Waals surface area contributed by atoms with Gasteiger partial charge in [-0.3, -0.25) is 14.5 Å². The minimum atomic E-state index is -0.501. The third-order valence-corrected chi connectivity index (χ3v) is 3.51. The molecule has 0 unspecified atom stereocenters. The number of benzene rings is 1. The van der Waals surface area contributed by atoms with Crippen molar-refractivity contribution < 1.29 is 9.59 Å². The van der Waals surface area contributed by atoms with E-state index < -0.39 is 11.7 Å². The normalized spacial score (nSPS) is 14.1. The van der Waals surface area contributed by atoms with Crippen molar-refractivity contribution in [1.82, 2.24) is 9.55 Å². The van der Waals surface area contributed by atoms with Gasteiger partial charge in [0.2, 0.25) is 0 Å². The van der Waals surface area contributed by atoms with Crippen molar-refractivity contribution >= 4 is 33.3 Å². The number of hydrogen-bond acceptors (Lipinski definition) is 3. The van der Waals surface area contributed by atoms with Crippen molar-refractivity contribution in [3.63, 3.8) is 0 Å². The molecule has 1 amide bonds. The average molecular weight is 320 g/mol. The molecule has 0 fully saturated rings. The van der Waals surface area contributed by atoms with Crippen LogP contribution in [0.3, 0.4) is 0 Å². The van der Waals surface area contributed by atoms with Gasteiger partial charge in [-0.2, -0.15) is 0 Å². The smallest absolute Gasteiger partial charge is 0.299 e. The molecule has 5 nitrogen and oxygen atoms in total. The van der Waals surface area contributed by atoms with Gasteiger partial charge in [0.25, 0.3) is 11.7 Å². The zero-order valence-corrected chi connectivity index (χ0v) is 11.7. The van der Waals surface area contributed by atoms with Gasteiger partial charge >= 0.3 is 0 Å². The molecule has 0 atom stereocenters. The Hall–Kier alpha value is -1.95. The van der Waals surface area contributed by atoms with Crippen molar-refractivity contribution in [3.05, 3.63) is 46.5 Å². The van der Waals surface area contributed by atoms with Gasteiger partial charge in [0.1, 0.15) is 0 Å². The monoisotopic (exact) mass is 319 g/mol. The lowest BCUT2D eigenvalue weighted by Crippen LogP contribution is -2.29. The van der Waals surface area contributed by atoms with E-state index in [1.807, 2.05) is 19.3 Å². The number of carbonyl (C=O) groups excluding carboxylic acids is 2. The van der Waals surface area contributed by atoms with E-state index in [-0.39, 0.29) is 0 Å². The second-order valence-electron chi connectivity index (χ2n) is 4.41. The fourth-order valence-corrected chi connectivity index (χ4v) is 2.50. The summed E-state index contributed by atoms with van der Waals surface area (Å²) in [6.07, 6.45) is 3.49. The number of anilines is 1. The second kappa shape index (κ2) is 4.31. The first kappa shape index (κ1) is 12.1. The maximum Gasteiger partial charge on any atom is 0.299 e. The summed E-state index contributed by atoms with van der Waals surface area (Å²) in [6.45, 7) is 0.306. The molecule has 2 heterocycles. The Bertz CT molecular complexity index is 693. The van der Waals surface area contributed by atoms with Gasteiger partial charge in [0.15, 0.2) is 0 Å². The number of fused-ring (bicyclic) bond motifs is 1. The number of imidazole rings is 1. The largest absolute Gasteiger partial charge is 0.340 e. The molecule has 1 aliphatic rings. The predicted molar refractivity (Wildman–Crippen MR) is 72.9 cm³/mol. The molecule has 19 heavy (non-hydrogen) atoms. The lowest BCUT2D eigenvalue weighted by atomic mass is 10.1. The van der Waals surface area contributed by atoms with Crippen LogP contribution in [-0.2, 0) is 18.4 Å².